The number of carbonyl (C=O) groups excluding carboxylic acids is 1. The molecule has 36 heavy (non-hydrogen) atoms. The topological polar surface area (TPSA) is 80.7 Å². The minimum atomic E-state index is -3.79. The molecule has 4 saturated carbocycles. The van der Waals surface area contributed by atoms with Crippen molar-refractivity contribution in [1.29, 1.82) is 0 Å². The quantitative estimate of drug-likeness (QED) is 0.521. The van der Waals surface area contributed by atoms with Crippen LogP contribution in [0.4, 0.5) is 4.39 Å². The fourth-order valence-electron chi connectivity index (χ4n) is 9.26. The molecule has 1 aromatic carbocycles. The van der Waals surface area contributed by atoms with E-state index in [1.807, 2.05) is 0 Å². The third kappa shape index (κ3) is 4.27. The molecule has 8 atom stereocenters. The van der Waals surface area contributed by atoms with Crippen molar-refractivity contribution in [1.82, 2.24) is 0 Å². The maximum absolute atomic E-state index is 13.5. The average molecular weight is 521 g/mol. The largest absolute Gasteiger partial charge is 0.387 e. The number of Topliss-reactive ketones (excluding diaryl/α,β-unsaturated/α-hetero) is 1. The number of ketones is 1. The zero-order valence-corrected chi connectivity index (χ0v) is 22.7. The second kappa shape index (κ2) is 9.16. The van der Waals surface area contributed by atoms with Gasteiger partial charge in [0.25, 0.3) is 0 Å². The first-order chi connectivity index (χ1) is 16.9. The van der Waals surface area contributed by atoms with E-state index in [2.05, 4.69) is 13.8 Å². The van der Waals surface area contributed by atoms with Gasteiger partial charge in [-0.2, -0.15) is 0 Å². The number of hydrogen-bond donors (Lipinski definition) is 1. The SMILES string of the molecule is COC[C@@]1(O)CC[C@@]2(C)[C@@H](CC[C@@H]3[C@@H]2CC[C@]2(C)[C@@H](C(=O)CS(=O)(=O)c4ccc(F)cc4)CC[C@@H]32)C1. The van der Waals surface area contributed by atoms with Gasteiger partial charge >= 0.3 is 0 Å². The van der Waals surface area contributed by atoms with Crippen molar-refractivity contribution in [3.05, 3.63) is 30.1 Å². The smallest absolute Gasteiger partial charge is 0.185 e. The lowest BCUT2D eigenvalue weighted by Gasteiger charge is -2.62. The Bertz CT molecular complexity index is 1100. The number of ether oxygens (including phenoxy) is 1. The average Bonchev–Trinajstić information content (AvgIpc) is 3.17. The lowest BCUT2D eigenvalue weighted by atomic mass is 9.44. The summed E-state index contributed by atoms with van der Waals surface area (Å²) in [6, 6.07) is 4.76. The van der Waals surface area contributed by atoms with Crippen LogP contribution in [0.15, 0.2) is 29.2 Å². The Balaban J connectivity index is 1.32. The van der Waals surface area contributed by atoms with Crippen molar-refractivity contribution in [3.63, 3.8) is 0 Å². The highest BCUT2D eigenvalue weighted by molar-refractivity contribution is 7.92. The first-order valence-corrected chi connectivity index (χ1v) is 15.3. The first kappa shape index (κ1) is 26.3. The van der Waals surface area contributed by atoms with Gasteiger partial charge in [-0.25, -0.2) is 12.8 Å². The number of halogens is 1. The Labute approximate surface area is 215 Å². The predicted molar refractivity (Wildman–Crippen MR) is 136 cm³/mol. The molecule has 4 aliphatic carbocycles. The van der Waals surface area contributed by atoms with E-state index in [-0.39, 0.29) is 27.4 Å². The van der Waals surface area contributed by atoms with Gasteiger partial charge in [-0.1, -0.05) is 13.8 Å². The molecule has 0 saturated heterocycles. The summed E-state index contributed by atoms with van der Waals surface area (Å²) in [6.45, 7) is 5.08. The molecule has 200 valence electrons. The molecule has 0 bridgehead atoms. The van der Waals surface area contributed by atoms with Crippen LogP contribution in [0.1, 0.15) is 71.6 Å². The van der Waals surface area contributed by atoms with Crippen LogP contribution in [-0.2, 0) is 19.4 Å². The lowest BCUT2D eigenvalue weighted by Crippen LogP contribution is -2.57. The fraction of sp³-hybridized carbons (Fsp3) is 0.759. The molecule has 4 aliphatic rings. The van der Waals surface area contributed by atoms with Gasteiger partial charge in [-0.3, -0.25) is 4.79 Å². The zero-order valence-electron chi connectivity index (χ0n) is 21.8. The Hall–Kier alpha value is -1.31. The van der Waals surface area contributed by atoms with Crippen LogP contribution in [0.2, 0.25) is 0 Å². The summed E-state index contributed by atoms with van der Waals surface area (Å²) in [4.78, 5) is 13.5. The molecule has 0 unspecified atom stereocenters. The van der Waals surface area contributed by atoms with E-state index in [1.165, 1.54) is 12.1 Å². The molecule has 5 rings (SSSR count). The van der Waals surface area contributed by atoms with Crippen molar-refractivity contribution in [2.75, 3.05) is 19.5 Å². The van der Waals surface area contributed by atoms with Crippen LogP contribution in [0.25, 0.3) is 0 Å². The molecule has 0 radical (unpaired) electrons. The predicted octanol–water partition coefficient (Wildman–Crippen LogP) is 5.20. The highest BCUT2D eigenvalue weighted by Crippen LogP contribution is 2.68. The molecule has 7 heteroatoms. The molecule has 1 aromatic rings. The van der Waals surface area contributed by atoms with E-state index in [0.717, 1.165) is 69.9 Å². The van der Waals surface area contributed by atoms with Crippen LogP contribution < -0.4 is 0 Å². The van der Waals surface area contributed by atoms with E-state index < -0.39 is 27.0 Å². The van der Waals surface area contributed by atoms with Crippen LogP contribution in [0, 0.1) is 46.2 Å². The summed E-state index contributed by atoms with van der Waals surface area (Å²) in [5.41, 5.74) is -0.667. The lowest BCUT2D eigenvalue weighted by molar-refractivity contribution is -0.163. The Morgan fingerprint density at radius 1 is 1.00 bits per heavy atom. The standard InChI is InChI=1S/C29H41FO5S/c1-27-14-15-29(32,18-35-3)16-19(27)4-9-22-23-10-11-25(28(23,2)13-12-24(22)27)26(31)17-36(33,34)21-7-5-20(30)6-8-21/h5-8,19,22-25,32H,4,9-18H2,1-3H3/t19-,22-,23-,24-,25+,27-,28-,29+/m0/s1. The summed E-state index contributed by atoms with van der Waals surface area (Å²) in [5.74, 6) is 0.689. The number of methoxy groups -OCH3 is 1. The van der Waals surface area contributed by atoms with Crippen LogP contribution in [-0.4, -0.2) is 44.4 Å². The van der Waals surface area contributed by atoms with Crippen LogP contribution in [0.5, 0.6) is 0 Å². The number of sulfone groups is 1. The first-order valence-electron chi connectivity index (χ1n) is 13.6. The second-order valence-electron chi connectivity index (χ2n) is 12.9. The molecule has 0 aliphatic heterocycles. The number of fused-ring (bicyclic) bond motifs is 5. The molecule has 0 heterocycles. The van der Waals surface area contributed by atoms with Gasteiger partial charge in [0.05, 0.1) is 17.1 Å². The van der Waals surface area contributed by atoms with Crippen molar-refractivity contribution in [2.24, 2.45) is 40.4 Å². The Morgan fingerprint density at radius 2 is 1.69 bits per heavy atom. The Morgan fingerprint density at radius 3 is 2.39 bits per heavy atom. The second-order valence-corrected chi connectivity index (χ2v) is 14.9. The summed E-state index contributed by atoms with van der Waals surface area (Å²) >= 11 is 0. The van der Waals surface area contributed by atoms with Gasteiger partial charge in [0.1, 0.15) is 11.6 Å². The summed E-state index contributed by atoms with van der Waals surface area (Å²) in [5, 5.41) is 11.1. The summed E-state index contributed by atoms with van der Waals surface area (Å²) in [6.07, 6.45) is 8.61. The highest BCUT2D eigenvalue weighted by atomic mass is 32.2. The van der Waals surface area contributed by atoms with Crippen molar-refractivity contribution < 1.29 is 27.4 Å². The number of hydrogen-bond acceptors (Lipinski definition) is 5. The van der Waals surface area contributed by atoms with Gasteiger partial charge in [0.15, 0.2) is 15.6 Å². The number of rotatable bonds is 6. The molecule has 4 fully saturated rings. The molecular formula is C29H41FO5S. The summed E-state index contributed by atoms with van der Waals surface area (Å²) in [7, 11) is -2.13. The molecular weight excluding hydrogens is 479 g/mol. The minimum Gasteiger partial charge on any atom is -0.387 e. The molecule has 0 aromatic heterocycles. The van der Waals surface area contributed by atoms with E-state index in [4.69, 9.17) is 4.74 Å². The highest BCUT2D eigenvalue weighted by Gasteiger charge is 2.62. The van der Waals surface area contributed by atoms with Crippen molar-refractivity contribution in [3.8, 4) is 0 Å². The van der Waals surface area contributed by atoms with Crippen molar-refractivity contribution in [2.45, 2.75) is 82.1 Å². The van der Waals surface area contributed by atoms with E-state index >= 15 is 0 Å². The summed E-state index contributed by atoms with van der Waals surface area (Å²) < 4.78 is 44.5. The third-order valence-electron chi connectivity index (χ3n) is 11.1. The normalized spacial score (nSPS) is 42.3. The Kier molecular flexibility index (Phi) is 6.69. The number of benzene rings is 1. The van der Waals surface area contributed by atoms with Crippen molar-refractivity contribution >= 4 is 15.6 Å². The zero-order chi connectivity index (χ0) is 25.9. The third-order valence-corrected chi connectivity index (χ3v) is 12.8. The van der Waals surface area contributed by atoms with E-state index in [1.54, 1.807) is 7.11 Å². The van der Waals surface area contributed by atoms with Gasteiger partial charge < -0.3 is 9.84 Å². The number of aliphatic hydroxyl groups is 1. The van der Waals surface area contributed by atoms with Gasteiger partial charge in [-0.15, -0.1) is 0 Å². The maximum atomic E-state index is 13.5. The monoisotopic (exact) mass is 520 g/mol. The molecule has 1 N–H and O–H groups in total. The fourth-order valence-corrected chi connectivity index (χ4v) is 10.6. The van der Waals surface area contributed by atoms with Gasteiger partial charge in [0, 0.05) is 13.0 Å². The van der Waals surface area contributed by atoms with Gasteiger partial charge in [0.2, 0.25) is 0 Å². The van der Waals surface area contributed by atoms with Crippen LogP contribution in [0.3, 0.4) is 0 Å². The molecule has 0 spiro atoms. The van der Waals surface area contributed by atoms with E-state index in [0.29, 0.717) is 30.3 Å². The molecule has 5 nitrogen and oxygen atoms in total. The minimum absolute atomic E-state index is 0.0117. The maximum Gasteiger partial charge on any atom is 0.185 e. The van der Waals surface area contributed by atoms with Gasteiger partial charge in [-0.05, 0) is 117 Å². The molecule has 0 amide bonds. The van der Waals surface area contributed by atoms with Crippen LogP contribution >= 0.6 is 0 Å². The number of carbonyl (C=O) groups is 1. The van der Waals surface area contributed by atoms with E-state index in [9.17, 15) is 22.7 Å².